The van der Waals surface area contributed by atoms with Gasteiger partial charge in [-0.1, -0.05) is 96.3 Å². The van der Waals surface area contributed by atoms with Crippen LogP contribution in [0, 0.1) is 0 Å². The van der Waals surface area contributed by atoms with E-state index in [1.807, 2.05) is 78.9 Å². The molecule has 1 atom stereocenters. The fourth-order valence-electron chi connectivity index (χ4n) is 5.13. The first-order chi connectivity index (χ1) is 20.0. The third-order valence-corrected chi connectivity index (χ3v) is 8.07. The molecule has 0 radical (unpaired) electrons. The minimum Gasteiger partial charge on any atom is -0.489 e. The van der Waals surface area contributed by atoms with Crippen LogP contribution in [0.4, 0.5) is 0 Å². The van der Waals surface area contributed by atoms with Crippen LogP contribution < -0.4 is 19.6 Å². The van der Waals surface area contributed by atoms with Crippen molar-refractivity contribution in [3.05, 3.63) is 145 Å². The molecule has 204 valence electrons. The Morgan fingerprint density at radius 3 is 2.46 bits per heavy atom. The molecule has 0 N–H and O–H groups in total. The van der Waals surface area contributed by atoms with Crippen LogP contribution in [0.5, 0.6) is 5.75 Å². The van der Waals surface area contributed by atoms with Crippen molar-refractivity contribution in [1.82, 2.24) is 4.57 Å². The lowest BCUT2D eigenvalue weighted by atomic mass is 9.96. The van der Waals surface area contributed by atoms with E-state index in [1.165, 1.54) is 22.1 Å². The fourth-order valence-corrected chi connectivity index (χ4v) is 6.18. The second-order valence-electron chi connectivity index (χ2n) is 9.71. The first-order valence-corrected chi connectivity index (χ1v) is 14.3. The standard InChI is InChI=1S/C34H28N2O4S/c1-3-39-33(38)30-22(2)35-34-36(31(30)25-11-5-4-6-12-25)32(37)29(41-34)20-23-16-18-27(19-17-23)40-21-26-14-9-13-24-10-7-8-15-28(24)26/h4-20,31H,3,21H2,1-2H3/b29-20+. The summed E-state index contributed by atoms with van der Waals surface area (Å²) in [5, 5.41) is 2.36. The van der Waals surface area contributed by atoms with Crippen molar-refractivity contribution in [3.63, 3.8) is 0 Å². The summed E-state index contributed by atoms with van der Waals surface area (Å²) in [5.41, 5.74) is 3.55. The van der Waals surface area contributed by atoms with Gasteiger partial charge in [-0.25, -0.2) is 9.79 Å². The molecule has 1 unspecified atom stereocenters. The van der Waals surface area contributed by atoms with Crippen molar-refractivity contribution in [2.45, 2.75) is 26.5 Å². The zero-order chi connectivity index (χ0) is 28.3. The number of fused-ring (bicyclic) bond motifs is 2. The largest absolute Gasteiger partial charge is 0.489 e. The first-order valence-electron chi connectivity index (χ1n) is 13.5. The van der Waals surface area contributed by atoms with E-state index in [4.69, 9.17) is 9.47 Å². The van der Waals surface area contributed by atoms with Gasteiger partial charge in [-0.05, 0) is 59.5 Å². The van der Waals surface area contributed by atoms with Crippen molar-refractivity contribution in [2.24, 2.45) is 4.99 Å². The zero-order valence-electron chi connectivity index (χ0n) is 22.7. The Hall–Kier alpha value is -4.75. The van der Waals surface area contributed by atoms with Gasteiger partial charge in [0.25, 0.3) is 5.56 Å². The van der Waals surface area contributed by atoms with E-state index in [0.29, 0.717) is 27.2 Å². The summed E-state index contributed by atoms with van der Waals surface area (Å²) in [4.78, 5) is 31.9. The highest BCUT2D eigenvalue weighted by Gasteiger charge is 2.33. The molecule has 0 bridgehead atoms. The molecule has 0 aliphatic carbocycles. The van der Waals surface area contributed by atoms with Gasteiger partial charge in [0.2, 0.25) is 0 Å². The summed E-state index contributed by atoms with van der Waals surface area (Å²) >= 11 is 1.31. The number of esters is 1. The molecule has 7 heteroatoms. The number of ether oxygens (including phenoxy) is 2. The predicted octanol–water partition coefficient (Wildman–Crippen LogP) is 5.53. The molecular formula is C34H28N2O4S. The van der Waals surface area contributed by atoms with Crippen LogP contribution in [0.15, 0.2) is 118 Å². The van der Waals surface area contributed by atoms with Gasteiger partial charge in [-0.15, -0.1) is 0 Å². The molecule has 0 saturated carbocycles. The van der Waals surface area contributed by atoms with E-state index in [2.05, 4.69) is 29.3 Å². The average molecular weight is 561 g/mol. The Kier molecular flexibility index (Phi) is 7.35. The van der Waals surface area contributed by atoms with Crippen molar-refractivity contribution in [3.8, 4) is 5.75 Å². The number of hydrogen-bond donors (Lipinski definition) is 0. The summed E-state index contributed by atoms with van der Waals surface area (Å²) < 4.78 is 13.6. The number of allylic oxidation sites excluding steroid dienone is 1. The van der Waals surface area contributed by atoms with Crippen LogP contribution in [0.25, 0.3) is 16.8 Å². The monoisotopic (exact) mass is 560 g/mol. The zero-order valence-corrected chi connectivity index (χ0v) is 23.6. The number of carbonyl (C=O) groups excluding carboxylic acids is 1. The molecule has 2 heterocycles. The van der Waals surface area contributed by atoms with E-state index < -0.39 is 12.0 Å². The summed E-state index contributed by atoms with van der Waals surface area (Å²) in [5.74, 6) is 0.284. The maximum Gasteiger partial charge on any atom is 0.338 e. The van der Waals surface area contributed by atoms with Gasteiger partial charge in [0.05, 0.1) is 28.5 Å². The molecule has 41 heavy (non-hydrogen) atoms. The van der Waals surface area contributed by atoms with Crippen LogP contribution in [-0.4, -0.2) is 17.1 Å². The quantitative estimate of drug-likeness (QED) is 0.246. The average Bonchev–Trinajstić information content (AvgIpc) is 3.30. The second kappa shape index (κ2) is 11.4. The second-order valence-corrected chi connectivity index (χ2v) is 10.7. The molecule has 0 fully saturated rings. The fraction of sp³-hybridized carbons (Fsp3) is 0.147. The minimum atomic E-state index is -0.613. The third kappa shape index (κ3) is 5.24. The topological polar surface area (TPSA) is 69.9 Å². The van der Waals surface area contributed by atoms with Gasteiger partial charge in [0.1, 0.15) is 12.4 Å². The predicted molar refractivity (Wildman–Crippen MR) is 162 cm³/mol. The number of benzene rings is 4. The van der Waals surface area contributed by atoms with Crippen molar-refractivity contribution in [1.29, 1.82) is 0 Å². The number of thiazole rings is 1. The molecule has 6 rings (SSSR count). The van der Waals surface area contributed by atoms with Crippen LogP contribution in [0.2, 0.25) is 0 Å². The van der Waals surface area contributed by atoms with Crippen LogP contribution in [0.3, 0.4) is 0 Å². The Balaban J connectivity index is 1.31. The number of hydrogen-bond acceptors (Lipinski definition) is 6. The van der Waals surface area contributed by atoms with Crippen molar-refractivity contribution >= 4 is 34.2 Å². The lowest BCUT2D eigenvalue weighted by molar-refractivity contribution is -0.139. The third-order valence-electron chi connectivity index (χ3n) is 7.08. The molecule has 5 aromatic rings. The maximum atomic E-state index is 13.8. The lowest BCUT2D eigenvalue weighted by Gasteiger charge is -2.24. The highest BCUT2D eigenvalue weighted by atomic mass is 32.1. The lowest BCUT2D eigenvalue weighted by Crippen LogP contribution is -2.39. The molecule has 0 spiro atoms. The van der Waals surface area contributed by atoms with E-state index in [1.54, 1.807) is 18.4 Å². The van der Waals surface area contributed by atoms with Gasteiger partial charge in [0.15, 0.2) is 4.80 Å². The van der Waals surface area contributed by atoms with Gasteiger partial charge >= 0.3 is 5.97 Å². The van der Waals surface area contributed by atoms with E-state index in [0.717, 1.165) is 22.4 Å². The highest BCUT2D eigenvalue weighted by molar-refractivity contribution is 7.07. The first kappa shape index (κ1) is 26.5. The van der Waals surface area contributed by atoms with Gasteiger partial charge in [-0.3, -0.25) is 9.36 Å². The highest BCUT2D eigenvalue weighted by Crippen LogP contribution is 2.30. The number of aromatic nitrogens is 1. The summed E-state index contributed by atoms with van der Waals surface area (Å²) in [6.45, 7) is 4.25. The van der Waals surface area contributed by atoms with Crippen molar-refractivity contribution < 1.29 is 14.3 Å². The summed E-state index contributed by atoms with van der Waals surface area (Å²) in [6.07, 6.45) is 1.85. The van der Waals surface area contributed by atoms with Crippen molar-refractivity contribution in [2.75, 3.05) is 6.61 Å². The number of rotatable bonds is 7. The molecule has 1 aromatic heterocycles. The van der Waals surface area contributed by atoms with Crippen LogP contribution in [0.1, 0.15) is 36.6 Å². The van der Waals surface area contributed by atoms with E-state index >= 15 is 0 Å². The summed E-state index contributed by atoms with van der Waals surface area (Å²) in [6, 6.07) is 31.1. The Labute approximate surface area is 241 Å². The van der Waals surface area contributed by atoms with Gasteiger partial charge in [0, 0.05) is 0 Å². The molecule has 0 saturated heterocycles. The molecular weight excluding hydrogens is 532 g/mol. The minimum absolute atomic E-state index is 0.201. The van der Waals surface area contributed by atoms with Crippen LogP contribution in [-0.2, 0) is 16.1 Å². The number of carbonyl (C=O) groups is 1. The smallest absolute Gasteiger partial charge is 0.338 e. The SMILES string of the molecule is CCOC(=O)C1=C(C)N=c2s/c(=C/c3ccc(OCc4cccc5ccccc45)cc3)c(=O)n2C1c1ccccc1. The van der Waals surface area contributed by atoms with Gasteiger partial charge < -0.3 is 9.47 Å². The Bertz CT molecular complexity index is 1950. The van der Waals surface area contributed by atoms with E-state index in [9.17, 15) is 9.59 Å². The van der Waals surface area contributed by atoms with E-state index in [-0.39, 0.29) is 12.2 Å². The van der Waals surface area contributed by atoms with Crippen LogP contribution >= 0.6 is 11.3 Å². The molecule has 1 aliphatic rings. The Morgan fingerprint density at radius 1 is 0.951 bits per heavy atom. The molecule has 6 nitrogen and oxygen atoms in total. The molecule has 0 amide bonds. The van der Waals surface area contributed by atoms with Gasteiger partial charge in [-0.2, -0.15) is 0 Å². The molecule has 1 aliphatic heterocycles. The summed E-state index contributed by atoms with van der Waals surface area (Å²) in [7, 11) is 0. The maximum absolute atomic E-state index is 13.8. The normalized spacial score (nSPS) is 15.0. The Morgan fingerprint density at radius 2 is 1.68 bits per heavy atom. The number of nitrogens with zero attached hydrogens (tertiary/aromatic N) is 2. The molecule has 4 aromatic carbocycles.